The minimum Gasteiger partial charge on any atom is -0.385 e. The largest absolute Gasteiger partial charge is 0.385 e. The summed E-state index contributed by atoms with van der Waals surface area (Å²) in [7, 11) is 0. The van der Waals surface area contributed by atoms with Crippen LogP contribution < -0.4 is 5.32 Å². The van der Waals surface area contributed by atoms with E-state index in [0.29, 0.717) is 6.04 Å². The minimum atomic E-state index is 0.172. The van der Waals surface area contributed by atoms with Gasteiger partial charge in [0.05, 0.1) is 0 Å². The molecule has 1 saturated heterocycles. The van der Waals surface area contributed by atoms with Crippen molar-refractivity contribution >= 4 is 11.6 Å². The summed E-state index contributed by atoms with van der Waals surface area (Å²) in [6.45, 7) is 6.00. The maximum absolute atomic E-state index is 12.4. The first-order valence-corrected chi connectivity index (χ1v) is 6.87. The number of hydrogen-bond acceptors (Lipinski definition) is 2. The standard InChI is InChI=1S/C15H22N2O/c1-3-16-14-9-7-13(8-10-14)15(18)17-11-5-4-6-12(17)2/h7-10,12,16H,3-6,11H2,1-2H3. The van der Waals surface area contributed by atoms with E-state index in [-0.39, 0.29) is 5.91 Å². The number of likely N-dealkylation sites (tertiary alicyclic amines) is 1. The zero-order chi connectivity index (χ0) is 13.0. The van der Waals surface area contributed by atoms with Crippen LogP contribution in [-0.4, -0.2) is 29.9 Å². The summed E-state index contributed by atoms with van der Waals surface area (Å²) in [6, 6.07) is 8.17. The van der Waals surface area contributed by atoms with Crippen molar-refractivity contribution in [2.75, 3.05) is 18.4 Å². The van der Waals surface area contributed by atoms with Crippen LogP contribution >= 0.6 is 0 Å². The maximum Gasteiger partial charge on any atom is 0.254 e. The molecular formula is C15H22N2O. The molecule has 1 fully saturated rings. The number of carbonyl (C=O) groups excluding carboxylic acids is 1. The van der Waals surface area contributed by atoms with Crippen molar-refractivity contribution in [2.24, 2.45) is 0 Å². The Labute approximate surface area is 109 Å². The van der Waals surface area contributed by atoms with Crippen LogP contribution in [0.15, 0.2) is 24.3 Å². The summed E-state index contributed by atoms with van der Waals surface area (Å²) >= 11 is 0. The Bertz CT molecular complexity index is 399. The van der Waals surface area contributed by atoms with Gasteiger partial charge in [-0.3, -0.25) is 4.79 Å². The van der Waals surface area contributed by atoms with Gasteiger partial charge in [-0.05, 0) is 57.4 Å². The Morgan fingerprint density at radius 2 is 2.06 bits per heavy atom. The third kappa shape index (κ3) is 2.84. The fourth-order valence-corrected chi connectivity index (χ4v) is 2.50. The van der Waals surface area contributed by atoms with Crippen molar-refractivity contribution < 1.29 is 4.79 Å². The summed E-state index contributed by atoms with van der Waals surface area (Å²) in [5.41, 5.74) is 1.87. The Morgan fingerprint density at radius 3 is 2.67 bits per heavy atom. The predicted molar refractivity (Wildman–Crippen MR) is 75.0 cm³/mol. The number of rotatable bonds is 3. The van der Waals surface area contributed by atoms with Gasteiger partial charge in [-0.2, -0.15) is 0 Å². The highest BCUT2D eigenvalue weighted by atomic mass is 16.2. The molecule has 0 saturated carbocycles. The minimum absolute atomic E-state index is 0.172. The van der Waals surface area contributed by atoms with Crippen LogP contribution in [0.4, 0.5) is 5.69 Å². The second kappa shape index (κ2) is 5.89. The van der Waals surface area contributed by atoms with Crippen molar-refractivity contribution in [3.63, 3.8) is 0 Å². The van der Waals surface area contributed by atoms with E-state index in [2.05, 4.69) is 19.2 Å². The van der Waals surface area contributed by atoms with Gasteiger partial charge in [0.1, 0.15) is 0 Å². The lowest BCUT2D eigenvalue weighted by Crippen LogP contribution is -2.41. The lowest BCUT2D eigenvalue weighted by Gasteiger charge is -2.33. The fourth-order valence-electron chi connectivity index (χ4n) is 2.50. The Hall–Kier alpha value is -1.51. The van der Waals surface area contributed by atoms with Gasteiger partial charge in [0.2, 0.25) is 0 Å². The average Bonchev–Trinajstić information content (AvgIpc) is 2.40. The van der Waals surface area contributed by atoms with E-state index in [1.807, 2.05) is 29.2 Å². The molecule has 1 unspecified atom stereocenters. The molecule has 1 aliphatic heterocycles. The van der Waals surface area contributed by atoms with Gasteiger partial charge in [-0.25, -0.2) is 0 Å². The van der Waals surface area contributed by atoms with E-state index in [4.69, 9.17) is 0 Å². The Balaban J connectivity index is 2.08. The fraction of sp³-hybridized carbons (Fsp3) is 0.533. The van der Waals surface area contributed by atoms with Gasteiger partial charge in [-0.15, -0.1) is 0 Å². The van der Waals surface area contributed by atoms with Gasteiger partial charge in [0, 0.05) is 30.4 Å². The highest BCUT2D eigenvalue weighted by Gasteiger charge is 2.23. The van der Waals surface area contributed by atoms with Crippen LogP contribution in [0, 0.1) is 0 Å². The topological polar surface area (TPSA) is 32.3 Å². The molecule has 0 spiro atoms. The quantitative estimate of drug-likeness (QED) is 0.888. The predicted octanol–water partition coefficient (Wildman–Crippen LogP) is 3.13. The number of carbonyl (C=O) groups is 1. The van der Waals surface area contributed by atoms with E-state index >= 15 is 0 Å². The zero-order valence-corrected chi connectivity index (χ0v) is 11.3. The van der Waals surface area contributed by atoms with Gasteiger partial charge >= 0.3 is 0 Å². The number of amides is 1. The van der Waals surface area contributed by atoms with Crippen LogP contribution in [0.25, 0.3) is 0 Å². The highest BCUT2D eigenvalue weighted by molar-refractivity contribution is 5.94. The molecule has 1 aromatic carbocycles. The van der Waals surface area contributed by atoms with Crippen LogP contribution in [0.1, 0.15) is 43.5 Å². The SMILES string of the molecule is CCNc1ccc(C(=O)N2CCCCC2C)cc1. The highest BCUT2D eigenvalue weighted by Crippen LogP contribution is 2.20. The molecule has 1 amide bonds. The molecule has 1 aliphatic rings. The summed E-state index contributed by atoms with van der Waals surface area (Å²) in [5, 5.41) is 3.24. The summed E-state index contributed by atoms with van der Waals surface area (Å²) in [6.07, 6.45) is 3.50. The normalized spacial score (nSPS) is 19.7. The monoisotopic (exact) mass is 246 g/mol. The van der Waals surface area contributed by atoms with Gasteiger partial charge in [0.15, 0.2) is 0 Å². The molecule has 3 heteroatoms. The van der Waals surface area contributed by atoms with Gasteiger partial charge in [0.25, 0.3) is 5.91 Å². The molecule has 0 bridgehead atoms. The molecule has 0 aromatic heterocycles. The zero-order valence-electron chi connectivity index (χ0n) is 11.3. The maximum atomic E-state index is 12.4. The lowest BCUT2D eigenvalue weighted by molar-refractivity contribution is 0.0635. The van der Waals surface area contributed by atoms with Crippen molar-refractivity contribution in [3.8, 4) is 0 Å². The van der Waals surface area contributed by atoms with Crippen molar-refractivity contribution in [1.82, 2.24) is 4.90 Å². The van der Waals surface area contributed by atoms with E-state index in [9.17, 15) is 4.79 Å². The number of nitrogens with one attached hydrogen (secondary N) is 1. The molecule has 1 N–H and O–H groups in total. The van der Waals surface area contributed by atoms with Gasteiger partial charge < -0.3 is 10.2 Å². The van der Waals surface area contributed by atoms with Crippen molar-refractivity contribution in [1.29, 1.82) is 0 Å². The van der Waals surface area contributed by atoms with Crippen LogP contribution in [0.2, 0.25) is 0 Å². The summed E-state index contributed by atoms with van der Waals surface area (Å²) in [4.78, 5) is 14.4. The average molecular weight is 246 g/mol. The number of benzene rings is 1. The van der Waals surface area contributed by atoms with E-state index in [1.54, 1.807) is 0 Å². The lowest BCUT2D eigenvalue weighted by atomic mass is 10.0. The first kappa shape index (κ1) is 12.9. The third-order valence-corrected chi connectivity index (χ3v) is 3.58. The first-order chi connectivity index (χ1) is 8.72. The van der Waals surface area contributed by atoms with E-state index in [0.717, 1.165) is 37.2 Å². The first-order valence-electron chi connectivity index (χ1n) is 6.87. The summed E-state index contributed by atoms with van der Waals surface area (Å²) in [5.74, 6) is 0.172. The van der Waals surface area contributed by atoms with Crippen LogP contribution in [0.3, 0.4) is 0 Å². The molecule has 1 heterocycles. The molecule has 98 valence electrons. The van der Waals surface area contributed by atoms with Crippen LogP contribution in [-0.2, 0) is 0 Å². The van der Waals surface area contributed by atoms with Crippen molar-refractivity contribution in [2.45, 2.75) is 39.2 Å². The Kier molecular flexibility index (Phi) is 4.24. The second-order valence-corrected chi connectivity index (χ2v) is 4.95. The number of anilines is 1. The smallest absolute Gasteiger partial charge is 0.254 e. The number of hydrogen-bond donors (Lipinski definition) is 1. The molecule has 2 rings (SSSR count). The number of piperidine rings is 1. The molecule has 0 aliphatic carbocycles. The van der Waals surface area contributed by atoms with Crippen molar-refractivity contribution in [3.05, 3.63) is 29.8 Å². The molecule has 0 radical (unpaired) electrons. The molecule has 1 aromatic rings. The third-order valence-electron chi connectivity index (χ3n) is 3.58. The molecule has 3 nitrogen and oxygen atoms in total. The van der Waals surface area contributed by atoms with Gasteiger partial charge in [-0.1, -0.05) is 0 Å². The summed E-state index contributed by atoms with van der Waals surface area (Å²) < 4.78 is 0. The Morgan fingerprint density at radius 1 is 1.33 bits per heavy atom. The molecule has 1 atom stereocenters. The number of nitrogens with zero attached hydrogens (tertiary/aromatic N) is 1. The molecule has 18 heavy (non-hydrogen) atoms. The van der Waals surface area contributed by atoms with Crippen LogP contribution in [0.5, 0.6) is 0 Å². The molecular weight excluding hydrogens is 224 g/mol. The second-order valence-electron chi connectivity index (χ2n) is 4.95. The van der Waals surface area contributed by atoms with E-state index in [1.165, 1.54) is 6.42 Å². The van der Waals surface area contributed by atoms with E-state index < -0.39 is 0 Å².